The summed E-state index contributed by atoms with van der Waals surface area (Å²) in [6.07, 6.45) is -4.57. The Morgan fingerprint density at radius 3 is 2.51 bits per heavy atom. The number of hydrogen-bond acceptors (Lipinski definition) is 5. The van der Waals surface area contributed by atoms with Gasteiger partial charge in [0.15, 0.2) is 5.76 Å². The zero-order valence-corrected chi connectivity index (χ0v) is 18.7. The average Bonchev–Trinajstić information content (AvgIpc) is 3.31. The van der Waals surface area contributed by atoms with Gasteiger partial charge in [0.1, 0.15) is 17.0 Å². The second-order valence-electron chi connectivity index (χ2n) is 7.67. The van der Waals surface area contributed by atoms with Crippen LogP contribution in [0.5, 0.6) is 5.75 Å². The Balaban J connectivity index is 1.53. The second-order valence-corrected chi connectivity index (χ2v) is 7.67. The number of hydrogen-bond donors (Lipinski definition) is 1. The molecule has 4 aromatic rings. The minimum atomic E-state index is -4.57. The van der Waals surface area contributed by atoms with Gasteiger partial charge in [-0.05, 0) is 61.5 Å². The second kappa shape index (κ2) is 9.49. The van der Waals surface area contributed by atoms with E-state index in [1.54, 1.807) is 32.2 Å². The number of benzene rings is 2. The normalized spacial score (nSPS) is 11.3. The van der Waals surface area contributed by atoms with Crippen LogP contribution in [0.1, 0.15) is 27.4 Å². The molecule has 4 rings (SSSR count). The van der Waals surface area contributed by atoms with Crippen molar-refractivity contribution in [1.29, 1.82) is 0 Å². The van der Waals surface area contributed by atoms with Crippen LogP contribution in [0.15, 0.2) is 76.0 Å². The zero-order valence-electron chi connectivity index (χ0n) is 18.7. The number of aromatic nitrogens is 2. The Kier molecular flexibility index (Phi) is 6.46. The van der Waals surface area contributed by atoms with E-state index in [1.165, 1.54) is 24.3 Å². The number of carbonyl (C=O) groups excluding carboxylic acids is 1. The maximum atomic E-state index is 13.1. The predicted octanol–water partition coefficient (Wildman–Crippen LogP) is 4.76. The maximum Gasteiger partial charge on any atom is 0.416 e. The molecule has 2 aromatic carbocycles. The molecule has 0 saturated carbocycles. The fraction of sp³-hybridized carbons (Fsp3) is 0.160. The van der Waals surface area contributed by atoms with E-state index in [0.717, 1.165) is 22.3 Å². The van der Waals surface area contributed by atoms with Crippen LogP contribution in [0.2, 0.25) is 0 Å². The summed E-state index contributed by atoms with van der Waals surface area (Å²) in [5.41, 5.74) is -0.120. The van der Waals surface area contributed by atoms with Gasteiger partial charge in [0.25, 0.3) is 11.5 Å². The number of amides is 1. The van der Waals surface area contributed by atoms with E-state index in [1.807, 2.05) is 12.1 Å². The first-order valence-electron chi connectivity index (χ1n) is 10.5. The number of pyridine rings is 1. The minimum absolute atomic E-state index is 0.0105. The van der Waals surface area contributed by atoms with Crippen LogP contribution >= 0.6 is 0 Å². The summed E-state index contributed by atoms with van der Waals surface area (Å²) in [6.45, 7) is 1.53. The number of methoxy groups -OCH3 is 1. The molecule has 35 heavy (non-hydrogen) atoms. The van der Waals surface area contributed by atoms with Crippen LogP contribution in [-0.2, 0) is 12.7 Å². The molecule has 1 amide bonds. The molecule has 0 fully saturated rings. The number of halogens is 3. The van der Waals surface area contributed by atoms with Gasteiger partial charge < -0.3 is 14.6 Å². The van der Waals surface area contributed by atoms with E-state index < -0.39 is 23.2 Å². The number of carbonyl (C=O) groups is 1. The van der Waals surface area contributed by atoms with Gasteiger partial charge in [-0.2, -0.15) is 13.2 Å². The lowest BCUT2D eigenvalue weighted by molar-refractivity contribution is -0.137. The highest BCUT2D eigenvalue weighted by Gasteiger charge is 2.30. The van der Waals surface area contributed by atoms with Crippen LogP contribution < -0.4 is 15.6 Å². The van der Waals surface area contributed by atoms with E-state index in [4.69, 9.17) is 9.26 Å². The summed E-state index contributed by atoms with van der Waals surface area (Å²) in [5.74, 6) is 0.353. The minimum Gasteiger partial charge on any atom is -0.497 e. The molecule has 180 valence electrons. The fourth-order valence-electron chi connectivity index (χ4n) is 3.50. The first-order valence-corrected chi connectivity index (χ1v) is 10.5. The molecule has 0 radical (unpaired) electrons. The van der Waals surface area contributed by atoms with E-state index in [-0.39, 0.29) is 17.8 Å². The first kappa shape index (κ1) is 23.8. The summed E-state index contributed by atoms with van der Waals surface area (Å²) in [6, 6.07) is 16.0. The molecule has 0 saturated heterocycles. The predicted molar refractivity (Wildman–Crippen MR) is 121 cm³/mol. The molecule has 0 bridgehead atoms. The lowest BCUT2D eigenvalue weighted by Crippen LogP contribution is -2.33. The summed E-state index contributed by atoms with van der Waals surface area (Å²) < 4.78 is 50.8. The SMILES string of the molecule is COc1ccc(-c2cc(CNC(=O)c3ccc(C)n(-c4cccc(C(F)(F)F)c4)c3=O)on2)cc1. The van der Waals surface area contributed by atoms with Crippen molar-refractivity contribution in [2.75, 3.05) is 7.11 Å². The summed E-state index contributed by atoms with van der Waals surface area (Å²) in [4.78, 5) is 25.7. The molecule has 0 atom stereocenters. The third kappa shape index (κ3) is 5.11. The largest absolute Gasteiger partial charge is 0.497 e. The van der Waals surface area contributed by atoms with E-state index in [2.05, 4.69) is 10.5 Å². The topological polar surface area (TPSA) is 86.4 Å². The Hall–Kier alpha value is -4.34. The highest BCUT2D eigenvalue weighted by atomic mass is 19.4. The fourth-order valence-corrected chi connectivity index (χ4v) is 3.50. The molecule has 2 aromatic heterocycles. The van der Waals surface area contributed by atoms with E-state index in [0.29, 0.717) is 22.9 Å². The molecule has 0 aliphatic carbocycles. The molecular weight excluding hydrogens is 463 g/mol. The van der Waals surface area contributed by atoms with Crippen molar-refractivity contribution in [2.45, 2.75) is 19.6 Å². The molecule has 1 N–H and O–H groups in total. The Morgan fingerprint density at radius 1 is 1.09 bits per heavy atom. The van der Waals surface area contributed by atoms with E-state index in [9.17, 15) is 22.8 Å². The number of rotatable bonds is 6. The van der Waals surface area contributed by atoms with Crippen molar-refractivity contribution in [1.82, 2.24) is 15.0 Å². The Labute approximate surface area is 197 Å². The number of aryl methyl sites for hydroxylation is 1. The number of nitrogens with one attached hydrogen (secondary N) is 1. The van der Waals surface area contributed by atoms with Gasteiger partial charge >= 0.3 is 6.18 Å². The quantitative estimate of drug-likeness (QED) is 0.428. The smallest absolute Gasteiger partial charge is 0.416 e. The molecule has 2 heterocycles. The van der Waals surface area contributed by atoms with Crippen molar-refractivity contribution in [3.05, 3.63) is 99.7 Å². The number of alkyl halides is 3. The van der Waals surface area contributed by atoms with Crippen LogP contribution in [0.4, 0.5) is 13.2 Å². The molecule has 0 aliphatic rings. The van der Waals surface area contributed by atoms with Gasteiger partial charge in [0.2, 0.25) is 0 Å². The Bertz CT molecular complexity index is 1420. The lowest BCUT2D eigenvalue weighted by Gasteiger charge is -2.14. The molecule has 0 unspecified atom stereocenters. The summed E-state index contributed by atoms with van der Waals surface area (Å²) >= 11 is 0. The number of ether oxygens (including phenoxy) is 1. The van der Waals surface area contributed by atoms with Crippen molar-refractivity contribution >= 4 is 5.91 Å². The standard InChI is InChI=1S/C25H20F3N3O4/c1-15-6-11-21(24(33)31(15)18-5-3-4-17(12-18)25(26,27)28)23(32)29-14-20-13-22(30-35-20)16-7-9-19(34-2)10-8-16/h3-13H,14H2,1-2H3,(H,29,32). The summed E-state index contributed by atoms with van der Waals surface area (Å²) in [5, 5.41) is 6.57. The van der Waals surface area contributed by atoms with Crippen molar-refractivity contribution in [3.8, 4) is 22.7 Å². The highest BCUT2D eigenvalue weighted by Crippen LogP contribution is 2.30. The van der Waals surface area contributed by atoms with Crippen molar-refractivity contribution in [3.63, 3.8) is 0 Å². The van der Waals surface area contributed by atoms with Gasteiger partial charge in [-0.25, -0.2) is 0 Å². The van der Waals surface area contributed by atoms with Crippen LogP contribution in [0.3, 0.4) is 0 Å². The van der Waals surface area contributed by atoms with Crippen molar-refractivity contribution in [2.24, 2.45) is 0 Å². The third-order valence-corrected chi connectivity index (χ3v) is 5.32. The van der Waals surface area contributed by atoms with Crippen LogP contribution in [0, 0.1) is 6.92 Å². The lowest BCUT2D eigenvalue weighted by atomic mass is 10.1. The third-order valence-electron chi connectivity index (χ3n) is 5.32. The van der Waals surface area contributed by atoms with Gasteiger partial charge in [-0.15, -0.1) is 0 Å². The van der Waals surface area contributed by atoms with Gasteiger partial charge in [-0.1, -0.05) is 11.2 Å². The van der Waals surface area contributed by atoms with Crippen molar-refractivity contribution < 1.29 is 27.2 Å². The van der Waals surface area contributed by atoms with Gasteiger partial charge in [-0.3, -0.25) is 14.2 Å². The maximum absolute atomic E-state index is 13.1. The average molecular weight is 483 g/mol. The molecule has 0 aliphatic heterocycles. The highest BCUT2D eigenvalue weighted by molar-refractivity contribution is 5.93. The summed E-state index contributed by atoms with van der Waals surface area (Å²) in [7, 11) is 1.56. The number of nitrogens with zero attached hydrogens (tertiary/aromatic N) is 2. The van der Waals surface area contributed by atoms with Crippen LogP contribution in [-0.4, -0.2) is 22.7 Å². The van der Waals surface area contributed by atoms with Gasteiger partial charge in [0, 0.05) is 23.0 Å². The van der Waals surface area contributed by atoms with Crippen LogP contribution in [0.25, 0.3) is 16.9 Å². The molecule has 10 heteroatoms. The Morgan fingerprint density at radius 2 is 1.83 bits per heavy atom. The monoisotopic (exact) mass is 483 g/mol. The molecular formula is C25H20F3N3O4. The first-order chi connectivity index (χ1) is 16.7. The van der Waals surface area contributed by atoms with E-state index >= 15 is 0 Å². The van der Waals surface area contributed by atoms with Gasteiger partial charge in [0.05, 0.1) is 19.2 Å². The molecule has 0 spiro atoms. The zero-order chi connectivity index (χ0) is 25.2. The molecule has 7 nitrogen and oxygen atoms in total.